The topological polar surface area (TPSA) is 145 Å². The van der Waals surface area contributed by atoms with Crippen LogP contribution < -0.4 is 5.32 Å². The molecule has 0 bridgehead atoms. The van der Waals surface area contributed by atoms with Crippen molar-refractivity contribution in [3.63, 3.8) is 0 Å². The van der Waals surface area contributed by atoms with Gasteiger partial charge in [0.15, 0.2) is 6.29 Å². The molecule has 13 heteroatoms. The summed E-state index contributed by atoms with van der Waals surface area (Å²) in [6.07, 6.45) is -5.42. The van der Waals surface area contributed by atoms with Crippen molar-refractivity contribution in [1.82, 2.24) is 0 Å². The molecule has 0 aromatic heterocycles. The van der Waals surface area contributed by atoms with E-state index < -0.39 is 52.2 Å². The summed E-state index contributed by atoms with van der Waals surface area (Å²) >= 11 is 0. The normalized spacial score (nSPS) is 21.2. The molecular formula is C31H49NO10Si2. The maximum Gasteiger partial charge on any atom is 0.490 e. The minimum Gasteiger partial charge on any atom is -0.446 e. The van der Waals surface area contributed by atoms with E-state index in [1.165, 1.54) is 0 Å². The third-order valence-corrected chi connectivity index (χ3v) is 12.2. The Hall–Kier alpha value is -2.18. The molecule has 1 aliphatic heterocycles. The number of nitrogens with one attached hydrogen (secondary N) is 1. The Kier molecular flexibility index (Phi) is 14.0. The van der Waals surface area contributed by atoms with Gasteiger partial charge in [0, 0.05) is 23.9 Å². The number of ether oxygens (including phenoxy) is 3. The van der Waals surface area contributed by atoms with Crippen LogP contribution in [0.3, 0.4) is 0 Å². The van der Waals surface area contributed by atoms with Gasteiger partial charge in [0.2, 0.25) is 0 Å². The maximum atomic E-state index is 12.3. The van der Waals surface area contributed by atoms with Crippen LogP contribution >= 0.6 is 0 Å². The molecule has 0 saturated carbocycles. The van der Waals surface area contributed by atoms with Crippen LogP contribution in [0.4, 0.5) is 10.5 Å². The van der Waals surface area contributed by atoms with Gasteiger partial charge in [0.05, 0.1) is 6.61 Å². The second-order valence-corrected chi connectivity index (χ2v) is 15.8. The first-order valence-electron chi connectivity index (χ1n) is 15.1. The largest absolute Gasteiger partial charge is 0.490 e. The zero-order chi connectivity index (χ0) is 32.4. The van der Waals surface area contributed by atoms with Crippen molar-refractivity contribution in [3.05, 3.63) is 64.7 Å². The van der Waals surface area contributed by atoms with Crippen molar-refractivity contribution in [2.45, 2.75) is 110 Å². The quantitative estimate of drug-likeness (QED) is 0.200. The van der Waals surface area contributed by atoms with Crippen molar-refractivity contribution in [2.24, 2.45) is 0 Å². The number of benzene rings is 2. The molecule has 0 aliphatic carbocycles. The van der Waals surface area contributed by atoms with Crippen LogP contribution in [-0.2, 0) is 40.2 Å². The van der Waals surface area contributed by atoms with Crippen LogP contribution in [0.15, 0.2) is 42.5 Å². The van der Waals surface area contributed by atoms with E-state index in [4.69, 9.17) is 27.2 Å². The molecule has 44 heavy (non-hydrogen) atoms. The maximum absolute atomic E-state index is 12.3. The Labute approximate surface area is 264 Å². The number of hydrogen-bond acceptors (Lipinski definition) is 10. The number of carbonyl (C=O) groups excluding carboxylic acids is 1. The summed E-state index contributed by atoms with van der Waals surface area (Å²) in [5.41, 5.74) is 4.53. The first kappa shape index (κ1) is 36.3. The lowest BCUT2D eigenvalue weighted by Gasteiger charge is -2.32. The van der Waals surface area contributed by atoms with E-state index in [2.05, 4.69) is 5.32 Å². The van der Waals surface area contributed by atoms with Crippen LogP contribution in [-0.4, -0.2) is 90.2 Å². The van der Waals surface area contributed by atoms with Gasteiger partial charge in [-0.2, -0.15) is 0 Å². The molecule has 2 aromatic rings. The van der Waals surface area contributed by atoms with E-state index in [-0.39, 0.29) is 18.8 Å². The minimum atomic E-state index is -2.72. The van der Waals surface area contributed by atoms with Gasteiger partial charge in [-0.3, -0.25) is 5.32 Å². The molecule has 0 radical (unpaired) electrons. The van der Waals surface area contributed by atoms with E-state index >= 15 is 0 Å². The molecule has 2 aromatic carbocycles. The summed E-state index contributed by atoms with van der Waals surface area (Å²) < 4.78 is 34.7. The number of amides is 1. The zero-order valence-corrected chi connectivity index (χ0v) is 29.8. The predicted octanol–water partition coefficient (Wildman–Crippen LogP) is 2.89. The molecule has 0 spiro atoms. The van der Waals surface area contributed by atoms with Crippen molar-refractivity contribution in [1.29, 1.82) is 0 Å². The number of anilines is 1. The lowest BCUT2D eigenvalue weighted by atomic mass is 10.1. The number of carbonyl (C=O) groups is 1. The SMILES string of the molecule is Cc1cc(C)cc(NC(=O)OCC(O)[C@H]2O[C@H](O)[C@H](O)[C@H]2OCc2ccc(CCC[Si](O[SiH3])(OC(C)C)OC(C)C)cc2)c1. The van der Waals surface area contributed by atoms with Gasteiger partial charge in [-0.25, -0.2) is 4.79 Å². The van der Waals surface area contributed by atoms with Gasteiger partial charge < -0.3 is 42.5 Å². The smallest absolute Gasteiger partial charge is 0.446 e. The summed E-state index contributed by atoms with van der Waals surface area (Å²) in [4.78, 5) is 12.3. The van der Waals surface area contributed by atoms with Crippen molar-refractivity contribution in [2.75, 3.05) is 11.9 Å². The Bertz CT molecular complexity index is 1150. The van der Waals surface area contributed by atoms with Crippen molar-refractivity contribution >= 4 is 31.1 Å². The molecule has 1 unspecified atom stereocenters. The van der Waals surface area contributed by atoms with Gasteiger partial charge in [0.1, 0.15) is 41.5 Å². The van der Waals surface area contributed by atoms with Crippen molar-refractivity contribution in [3.8, 4) is 0 Å². The van der Waals surface area contributed by atoms with Crippen LogP contribution in [0.2, 0.25) is 6.04 Å². The molecule has 5 atom stereocenters. The van der Waals surface area contributed by atoms with Crippen LogP contribution in [0.1, 0.15) is 56.4 Å². The molecule has 1 heterocycles. The number of aliphatic hydroxyl groups excluding tert-OH is 3. The third kappa shape index (κ3) is 11.0. The summed E-state index contributed by atoms with van der Waals surface area (Å²) in [6, 6.07) is 14.2. The predicted molar refractivity (Wildman–Crippen MR) is 171 cm³/mol. The Morgan fingerprint density at radius 2 is 1.59 bits per heavy atom. The Balaban J connectivity index is 1.50. The highest BCUT2D eigenvalue weighted by Crippen LogP contribution is 2.27. The zero-order valence-electron chi connectivity index (χ0n) is 26.8. The summed E-state index contributed by atoms with van der Waals surface area (Å²) in [5.74, 6) is 0. The number of rotatable bonds is 16. The first-order valence-corrected chi connectivity index (χ1v) is 17.9. The monoisotopic (exact) mass is 651 g/mol. The fourth-order valence-corrected chi connectivity index (χ4v) is 9.12. The molecule has 1 amide bonds. The highest BCUT2D eigenvalue weighted by atomic mass is 28.4. The van der Waals surface area contributed by atoms with Crippen LogP contribution in [0, 0.1) is 13.8 Å². The molecule has 11 nitrogen and oxygen atoms in total. The summed E-state index contributed by atoms with van der Waals surface area (Å²) in [7, 11) is -2.17. The van der Waals surface area contributed by atoms with Gasteiger partial charge in [-0.05, 0) is 88.8 Å². The Morgan fingerprint density at radius 1 is 1.00 bits per heavy atom. The molecule has 3 rings (SSSR count). The average Bonchev–Trinajstić information content (AvgIpc) is 3.23. The van der Waals surface area contributed by atoms with E-state index in [0.29, 0.717) is 16.2 Å². The molecule has 1 aliphatic rings. The fourth-order valence-electron chi connectivity index (χ4n) is 5.20. The molecule has 4 N–H and O–H groups in total. The standard InChI is InChI=1S/C31H49NO10Si2/c1-19(2)40-44(42-43,41-20(3)4)13-7-8-23-9-11-24(12-10-23)17-37-29-27(34)30(35)39-28(29)26(33)18-38-31(36)32-25-15-21(5)14-22(6)16-25/h9-12,14-16,19-20,26-30,33-35H,7-8,13,17-18H2,1-6,43H3,(H,32,36)/t26?,27-,28-,29-,30+/m1/s1. The van der Waals surface area contributed by atoms with Gasteiger partial charge in [-0.15, -0.1) is 0 Å². The van der Waals surface area contributed by atoms with E-state index in [9.17, 15) is 20.1 Å². The molecule has 1 fully saturated rings. The highest BCUT2D eigenvalue weighted by molar-refractivity contribution is 6.64. The van der Waals surface area contributed by atoms with E-state index in [0.717, 1.165) is 41.1 Å². The second-order valence-electron chi connectivity index (χ2n) is 11.8. The highest BCUT2D eigenvalue weighted by Gasteiger charge is 2.47. The lowest BCUT2D eigenvalue weighted by Crippen LogP contribution is -2.48. The van der Waals surface area contributed by atoms with Gasteiger partial charge >= 0.3 is 14.9 Å². The molecular weight excluding hydrogens is 603 g/mol. The van der Waals surface area contributed by atoms with Gasteiger partial charge in [-0.1, -0.05) is 30.3 Å². The summed E-state index contributed by atoms with van der Waals surface area (Å²) in [6.45, 7) is 11.5. The van der Waals surface area contributed by atoms with Crippen molar-refractivity contribution < 1.29 is 47.3 Å². The second kappa shape index (κ2) is 16.9. The number of aryl methyl sites for hydroxylation is 3. The minimum absolute atomic E-state index is 0.0275. The fraction of sp³-hybridized carbons (Fsp3) is 0.581. The lowest BCUT2D eigenvalue weighted by molar-refractivity contribution is -0.151. The third-order valence-electron chi connectivity index (χ3n) is 7.04. The Morgan fingerprint density at radius 3 is 2.16 bits per heavy atom. The van der Waals surface area contributed by atoms with Gasteiger partial charge in [0.25, 0.3) is 0 Å². The number of aliphatic hydroxyl groups is 3. The molecule has 1 saturated heterocycles. The molecule has 246 valence electrons. The summed E-state index contributed by atoms with van der Waals surface area (Å²) in [5, 5.41) is 33.9. The first-order chi connectivity index (χ1) is 20.8. The van der Waals surface area contributed by atoms with E-state index in [1.807, 2.05) is 71.9 Å². The van der Waals surface area contributed by atoms with Crippen LogP contribution in [0.25, 0.3) is 0 Å². The van der Waals surface area contributed by atoms with E-state index in [1.54, 1.807) is 12.1 Å². The number of hydrogen-bond donors (Lipinski definition) is 4. The average molecular weight is 652 g/mol. The van der Waals surface area contributed by atoms with Crippen LogP contribution in [0.5, 0.6) is 0 Å².